The summed E-state index contributed by atoms with van der Waals surface area (Å²) in [6.45, 7) is 5.53. The van der Waals surface area contributed by atoms with Gasteiger partial charge in [0.2, 0.25) is 0 Å². The van der Waals surface area contributed by atoms with Crippen molar-refractivity contribution in [1.29, 1.82) is 0 Å². The lowest BCUT2D eigenvalue weighted by Crippen LogP contribution is -2.36. The molecule has 9 heteroatoms. The first-order valence-electron chi connectivity index (χ1n) is 10.3. The molecule has 0 fully saturated rings. The molecule has 0 saturated heterocycles. The number of hydrogen-bond donors (Lipinski definition) is 1. The molecule has 3 heterocycles. The van der Waals surface area contributed by atoms with Gasteiger partial charge in [-0.25, -0.2) is 9.37 Å². The number of pyridine rings is 1. The third-order valence-corrected chi connectivity index (χ3v) is 6.02. The number of alkyl halides is 3. The molecule has 1 N–H and O–H groups in total. The third kappa shape index (κ3) is 3.80. The minimum Gasteiger partial charge on any atom is -0.364 e. The van der Waals surface area contributed by atoms with Crippen LogP contribution in [0.3, 0.4) is 0 Å². The smallest absolute Gasteiger partial charge is 0.364 e. The topological polar surface area (TPSA) is 46.0 Å². The maximum absolute atomic E-state index is 14.5. The van der Waals surface area contributed by atoms with E-state index in [1.165, 1.54) is 23.1 Å². The minimum atomic E-state index is -4.37. The Balaban J connectivity index is 1.75. The number of nitrogens with zero attached hydrogens (tertiary/aromatic N) is 4. The van der Waals surface area contributed by atoms with Gasteiger partial charge >= 0.3 is 6.18 Å². The van der Waals surface area contributed by atoms with Gasteiger partial charge < -0.3 is 10.2 Å². The van der Waals surface area contributed by atoms with Gasteiger partial charge in [0.1, 0.15) is 5.82 Å². The second-order valence-electron chi connectivity index (χ2n) is 8.92. The van der Waals surface area contributed by atoms with Crippen molar-refractivity contribution in [2.75, 3.05) is 17.3 Å². The molecule has 32 heavy (non-hydrogen) atoms. The van der Waals surface area contributed by atoms with Crippen LogP contribution in [0.5, 0.6) is 0 Å². The zero-order chi connectivity index (χ0) is 23.4. The van der Waals surface area contributed by atoms with E-state index in [4.69, 9.17) is 0 Å². The third-order valence-electron chi connectivity index (χ3n) is 6.02. The fourth-order valence-electron chi connectivity index (χ4n) is 3.74. The summed E-state index contributed by atoms with van der Waals surface area (Å²) in [5, 5.41) is 7.49. The minimum absolute atomic E-state index is 0.137. The van der Waals surface area contributed by atoms with Crippen LogP contribution in [0.2, 0.25) is 0 Å². The molecule has 1 unspecified atom stereocenters. The average Bonchev–Trinajstić information content (AvgIpc) is 3.26. The number of hydrogen-bond acceptors (Lipinski definition) is 4. The largest absolute Gasteiger partial charge is 0.395 e. The molecule has 0 saturated carbocycles. The molecule has 1 aliphatic heterocycles. The molecule has 0 amide bonds. The molecular formula is C23H25F4N5. The van der Waals surface area contributed by atoms with E-state index in [9.17, 15) is 17.6 Å². The van der Waals surface area contributed by atoms with Gasteiger partial charge in [0.15, 0.2) is 0 Å². The van der Waals surface area contributed by atoms with Gasteiger partial charge in [-0.2, -0.15) is 18.3 Å². The van der Waals surface area contributed by atoms with Crippen molar-refractivity contribution in [3.8, 4) is 22.4 Å². The SMILES string of the molecule is Cc1nc(-c2ccc3c(c2)NC(C)N3C)c(-c2cnn(CC(C)(C)C(F)(F)F)c2)cc1F. The van der Waals surface area contributed by atoms with Crippen LogP contribution in [0.15, 0.2) is 36.7 Å². The van der Waals surface area contributed by atoms with Crippen LogP contribution in [0, 0.1) is 18.2 Å². The first-order chi connectivity index (χ1) is 14.9. The Morgan fingerprint density at radius 3 is 2.53 bits per heavy atom. The van der Waals surface area contributed by atoms with Crippen LogP contribution >= 0.6 is 0 Å². The number of halogens is 4. The van der Waals surface area contributed by atoms with Crippen LogP contribution < -0.4 is 10.2 Å². The van der Waals surface area contributed by atoms with Crippen LogP contribution in [-0.2, 0) is 6.54 Å². The fraction of sp³-hybridized carbons (Fsp3) is 0.391. The monoisotopic (exact) mass is 447 g/mol. The van der Waals surface area contributed by atoms with Gasteiger partial charge in [0.25, 0.3) is 0 Å². The van der Waals surface area contributed by atoms with Crippen LogP contribution in [0.25, 0.3) is 22.4 Å². The lowest BCUT2D eigenvalue weighted by Gasteiger charge is -2.27. The first kappa shape index (κ1) is 22.1. The Labute approximate surface area is 184 Å². The number of aromatic nitrogens is 3. The molecule has 2 aromatic heterocycles. The summed E-state index contributed by atoms with van der Waals surface area (Å²) in [6, 6.07) is 7.20. The van der Waals surface area contributed by atoms with Crippen molar-refractivity contribution < 1.29 is 17.6 Å². The zero-order valence-electron chi connectivity index (χ0n) is 18.5. The lowest BCUT2D eigenvalue weighted by molar-refractivity contribution is -0.216. The van der Waals surface area contributed by atoms with Gasteiger partial charge in [-0.3, -0.25) is 4.68 Å². The zero-order valence-corrected chi connectivity index (χ0v) is 18.5. The quantitative estimate of drug-likeness (QED) is 0.509. The number of rotatable bonds is 4. The van der Waals surface area contributed by atoms with Crippen molar-refractivity contribution in [3.05, 3.63) is 48.2 Å². The highest BCUT2D eigenvalue weighted by atomic mass is 19.4. The number of nitrogens with one attached hydrogen (secondary N) is 1. The van der Waals surface area contributed by atoms with Gasteiger partial charge in [-0.1, -0.05) is 6.07 Å². The second kappa shape index (κ2) is 7.50. The van der Waals surface area contributed by atoms with E-state index in [0.29, 0.717) is 16.8 Å². The van der Waals surface area contributed by atoms with E-state index in [0.717, 1.165) is 30.8 Å². The summed E-state index contributed by atoms with van der Waals surface area (Å²) in [5.41, 5.74) is 2.58. The molecule has 1 atom stereocenters. The van der Waals surface area contributed by atoms with E-state index < -0.39 is 17.4 Å². The normalized spacial score (nSPS) is 16.3. The predicted octanol–water partition coefficient (Wildman–Crippen LogP) is 5.86. The van der Waals surface area contributed by atoms with E-state index in [1.807, 2.05) is 32.2 Å². The summed E-state index contributed by atoms with van der Waals surface area (Å²) in [7, 11) is 1.99. The Morgan fingerprint density at radius 2 is 1.84 bits per heavy atom. The highest BCUT2D eigenvalue weighted by Crippen LogP contribution is 2.41. The van der Waals surface area contributed by atoms with Crippen molar-refractivity contribution in [2.45, 2.75) is 46.6 Å². The standard InChI is InChI=1S/C23H25F4N5/c1-13-18(24)9-17(16-10-28-32(11-16)12-22(3,4)23(25,26)27)21(29-13)15-6-7-20-19(8-15)30-14(2)31(20)5/h6-11,14,30H,12H2,1-5H3. The molecule has 0 radical (unpaired) electrons. The van der Waals surface area contributed by atoms with Crippen molar-refractivity contribution in [1.82, 2.24) is 14.8 Å². The second-order valence-corrected chi connectivity index (χ2v) is 8.92. The Kier molecular flexibility index (Phi) is 5.18. The Morgan fingerprint density at radius 1 is 1.12 bits per heavy atom. The van der Waals surface area contributed by atoms with E-state index in [-0.39, 0.29) is 18.4 Å². The average molecular weight is 447 g/mol. The highest BCUT2D eigenvalue weighted by molar-refractivity contribution is 5.86. The summed E-state index contributed by atoms with van der Waals surface area (Å²) in [4.78, 5) is 6.58. The highest BCUT2D eigenvalue weighted by Gasteiger charge is 2.47. The maximum atomic E-state index is 14.5. The van der Waals surface area contributed by atoms with E-state index in [2.05, 4.69) is 20.3 Å². The predicted molar refractivity (Wildman–Crippen MR) is 117 cm³/mol. The van der Waals surface area contributed by atoms with Crippen molar-refractivity contribution in [2.24, 2.45) is 5.41 Å². The molecule has 0 spiro atoms. The summed E-state index contributed by atoms with van der Waals surface area (Å²) in [5.74, 6) is -0.486. The Hall–Kier alpha value is -3.10. The molecular weight excluding hydrogens is 422 g/mol. The van der Waals surface area contributed by atoms with Gasteiger partial charge in [-0.05, 0) is 45.9 Å². The van der Waals surface area contributed by atoms with E-state index in [1.54, 1.807) is 6.92 Å². The summed E-state index contributed by atoms with van der Waals surface area (Å²) < 4.78 is 55.6. The van der Waals surface area contributed by atoms with Gasteiger partial charge in [-0.15, -0.1) is 0 Å². The first-order valence-corrected chi connectivity index (χ1v) is 10.3. The molecule has 3 aromatic rings. The fourth-order valence-corrected chi connectivity index (χ4v) is 3.74. The Bertz CT molecular complexity index is 1170. The summed E-state index contributed by atoms with van der Waals surface area (Å²) in [6.07, 6.45) is -1.28. The molecule has 0 bridgehead atoms. The number of anilines is 2. The molecule has 170 valence electrons. The van der Waals surface area contributed by atoms with E-state index >= 15 is 0 Å². The maximum Gasteiger partial charge on any atom is 0.395 e. The number of benzene rings is 1. The molecule has 1 aromatic carbocycles. The molecule has 4 rings (SSSR count). The van der Waals surface area contributed by atoms with Crippen molar-refractivity contribution >= 4 is 11.4 Å². The molecule has 0 aliphatic carbocycles. The molecule has 1 aliphatic rings. The van der Waals surface area contributed by atoms with Crippen LogP contribution in [0.1, 0.15) is 26.5 Å². The summed E-state index contributed by atoms with van der Waals surface area (Å²) >= 11 is 0. The van der Waals surface area contributed by atoms with Gasteiger partial charge in [0, 0.05) is 29.9 Å². The van der Waals surface area contributed by atoms with Gasteiger partial charge in [0.05, 0.1) is 47.1 Å². The van der Waals surface area contributed by atoms with Crippen LogP contribution in [0.4, 0.5) is 28.9 Å². The van der Waals surface area contributed by atoms with Crippen LogP contribution in [-0.4, -0.2) is 34.2 Å². The number of aryl methyl sites for hydroxylation is 1. The van der Waals surface area contributed by atoms with Crippen molar-refractivity contribution in [3.63, 3.8) is 0 Å². The molecule has 5 nitrogen and oxygen atoms in total. The lowest BCUT2D eigenvalue weighted by atomic mass is 9.93. The number of fused-ring (bicyclic) bond motifs is 1.